The van der Waals surface area contributed by atoms with Crippen molar-refractivity contribution in [2.75, 3.05) is 0 Å². The topological polar surface area (TPSA) is 70.0 Å². The third-order valence-corrected chi connectivity index (χ3v) is 2.02. The molecule has 0 aliphatic carbocycles. The van der Waals surface area contributed by atoms with Crippen molar-refractivity contribution in [3.8, 4) is 11.6 Å². The summed E-state index contributed by atoms with van der Waals surface area (Å²) < 4.78 is 18.1. The number of Topliss-reactive ketones (excluding diaryl/α,β-unsaturated/α-hetero) is 1. The lowest BCUT2D eigenvalue weighted by atomic mass is 10.3. The van der Waals surface area contributed by atoms with Crippen LogP contribution < -0.4 is 9.79 Å². The molecule has 6 heteroatoms. The predicted octanol–water partition coefficient (Wildman–Crippen LogP) is 0.367. The molecule has 1 heterocycles. The lowest BCUT2D eigenvalue weighted by molar-refractivity contribution is -0.672. The van der Waals surface area contributed by atoms with Crippen LogP contribution in [0.5, 0.6) is 5.95 Å². The van der Waals surface area contributed by atoms with Crippen molar-refractivity contribution < 1.29 is 23.5 Å². The van der Waals surface area contributed by atoms with E-state index in [1.165, 1.54) is 31.2 Å². The molecule has 0 spiro atoms. The SMILES string of the molecule is CC(=O)c1c([O-])on[n+]1-c1ccc(F)cc1. The fraction of sp³-hybridized carbons (Fsp3) is 0.100. The minimum absolute atomic E-state index is 0.188. The number of halogens is 1. The number of hydrogen-bond acceptors (Lipinski definition) is 4. The van der Waals surface area contributed by atoms with E-state index >= 15 is 0 Å². The summed E-state index contributed by atoms with van der Waals surface area (Å²) >= 11 is 0. The third-order valence-electron chi connectivity index (χ3n) is 2.02. The fourth-order valence-electron chi connectivity index (χ4n) is 1.30. The Kier molecular flexibility index (Phi) is 2.40. The summed E-state index contributed by atoms with van der Waals surface area (Å²) in [6.07, 6.45) is 0. The van der Waals surface area contributed by atoms with E-state index in [1.54, 1.807) is 0 Å². The smallest absolute Gasteiger partial charge is 0.305 e. The minimum atomic E-state index is -0.808. The summed E-state index contributed by atoms with van der Waals surface area (Å²) in [5, 5.41) is 14.6. The zero-order valence-corrected chi connectivity index (χ0v) is 8.31. The van der Waals surface area contributed by atoms with Gasteiger partial charge in [-0.25, -0.2) is 4.39 Å². The van der Waals surface area contributed by atoms with Crippen molar-refractivity contribution in [2.45, 2.75) is 6.92 Å². The molecule has 0 saturated heterocycles. The van der Waals surface area contributed by atoms with Crippen LogP contribution in [0.2, 0.25) is 0 Å². The van der Waals surface area contributed by atoms with Gasteiger partial charge < -0.3 is 9.63 Å². The molecular formula is C10H7FN2O3. The Morgan fingerprint density at radius 2 is 2.06 bits per heavy atom. The van der Waals surface area contributed by atoms with Gasteiger partial charge in [0.15, 0.2) is 5.95 Å². The quantitative estimate of drug-likeness (QED) is 0.543. The zero-order chi connectivity index (χ0) is 11.7. The summed E-state index contributed by atoms with van der Waals surface area (Å²) in [4.78, 5) is 11.2. The second-order valence-electron chi connectivity index (χ2n) is 3.15. The molecule has 0 amide bonds. The molecule has 0 atom stereocenters. The number of benzene rings is 1. The average Bonchev–Trinajstić information content (AvgIpc) is 2.61. The second-order valence-corrected chi connectivity index (χ2v) is 3.15. The van der Waals surface area contributed by atoms with E-state index in [9.17, 15) is 14.3 Å². The highest BCUT2D eigenvalue weighted by Crippen LogP contribution is 2.11. The number of carbonyl (C=O) groups is 1. The molecule has 1 aromatic carbocycles. The largest absolute Gasteiger partial charge is 0.539 e. The highest BCUT2D eigenvalue weighted by atomic mass is 19.1. The standard InChI is InChI=1S/C10H7FN2O3/c1-6(14)9-10(15)16-12-13(9)8-4-2-7(11)3-5-8/h2-5H,1H3. The van der Waals surface area contributed by atoms with E-state index in [0.717, 1.165) is 4.68 Å². The van der Waals surface area contributed by atoms with Crippen molar-refractivity contribution in [2.24, 2.45) is 0 Å². The Morgan fingerprint density at radius 1 is 1.44 bits per heavy atom. The van der Waals surface area contributed by atoms with Crippen LogP contribution in [0.3, 0.4) is 0 Å². The molecule has 82 valence electrons. The first kappa shape index (κ1) is 10.3. The molecule has 0 aliphatic rings. The molecule has 0 N–H and O–H groups in total. The van der Waals surface area contributed by atoms with Gasteiger partial charge in [-0.1, -0.05) is 0 Å². The Hall–Kier alpha value is -2.24. The van der Waals surface area contributed by atoms with Gasteiger partial charge >= 0.3 is 5.69 Å². The Bertz CT molecular complexity index is 533. The van der Waals surface area contributed by atoms with E-state index in [1.807, 2.05) is 0 Å². The van der Waals surface area contributed by atoms with Gasteiger partial charge in [0.2, 0.25) is 11.5 Å². The van der Waals surface area contributed by atoms with Gasteiger partial charge in [-0.05, 0) is 16.8 Å². The summed E-state index contributed by atoms with van der Waals surface area (Å²) in [5.41, 5.74) is 0.198. The van der Waals surface area contributed by atoms with Crippen molar-refractivity contribution in [1.82, 2.24) is 5.27 Å². The van der Waals surface area contributed by atoms with Crippen molar-refractivity contribution >= 4 is 5.78 Å². The Labute approximate surface area is 89.7 Å². The molecule has 0 aliphatic heterocycles. The number of carbonyl (C=O) groups excluding carboxylic acids is 1. The van der Waals surface area contributed by atoms with Crippen LogP contribution in [0.25, 0.3) is 5.69 Å². The molecule has 1 aromatic heterocycles. The predicted molar refractivity (Wildman–Crippen MR) is 47.4 cm³/mol. The normalized spacial score (nSPS) is 10.4. The first-order valence-electron chi connectivity index (χ1n) is 4.45. The van der Waals surface area contributed by atoms with E-state index in [-0.39, 0.29) is 5.69 Å². The van der Waals surface area contributed by atoms with E-state index in [0.29, 0.717) is 5.69 Å². The lowest BCUT2D eigenvalue weighted by Gasteiger charge is -1.93. The second kappa shape index (κ2) is 3.73. The number of ketones is 1. The summed E-state index contributed by atoms with van der Waals surface area (Å²) in [5.74, 6) is -1.69. The van der Waals surface area contributed by atoms with Crippen LogP contribution in [0.15, 0.2) is 28.8 Å². The van der Waals surface area contributed by atoms with E-state index in [2.05, 4.69) is 9.79 Å². The first-order chi connectivity index (χ1) is 7.59. The number of nitrogens with zero attached hydrogens (tertiary/aromatic N) is 2. The van der Waals surface area contributed by atoms with Crippen LogP contribution >= 0.6 is 0 Å². The molecule has 2 aromatic rings. The first-order valence-corrected chi connectivity index (χ1v) is 4.45. The van der Waals surface area contributed by atoms with E-state index < -0.39 is 17.5 Å². The average molecular weight is 222 g/mol. The fourth-order valence-corrected chi connectivity index (χ4v) is 1.30. The van der Waals surface area contributed by atoms with Crippen molar-refractivity contribution in [3.63, 3.8) is 0 Å². The van der Waals surface area contributed by atoms with Crippen molar-refractivity contribution in [1.29, 1.82) is 0 Å². The van der Waals surface area contributed by atoms with E-state index in [4.69, 9.17) is 0 Å². The molecule has 0 unspecified atom stereocenters. The summed E-state index contributed by atoms with van der Waals surface area (Å²) in [7, 11) is 0. The molecule has 2 rings (SSSR count). The van der Waals surface area contributed by atoms with Gasteiger partial charge in [0.05, 0.1) is 5.27 Å². The van der Waals surface area contributed by atoms with Gasteiger partial charge in [0.1, 0.15) is 5.82 Å². The summed E-state index contributed by atoms with van der Waals surface area (Å²) in [6.45, 7) is 1.23. The van der Waals surface area contributed by atoms with Crippen LogP contribution in [0.1, 0.15) is 17.4 Å². The van der Waals surface area contributed by atoms with Gasteiger partial charge in [-0.15, -0.1) is 0 Å². The van der Waals surface area contributed by atoms with Gasteiger partial charge in [-0.3, -0.25) is 4.79 Å². The summed E-state index contributed by atoms with van der Waals surface area (Å²) in [6, 6.07) is 5.18. The maximum atomic E-state index is 12.7. The number of hydrogen-bond donors (Lipinski definition) is 0. The Balaban J connectivity index is 2.56. The molecule has 0 saturated carbocycles. The highest BCUT2D eigenvalue weighted by molar-refractivity contribution is 5.92. The highest BCUT2D eigenvalue weighted by Gasteiger charge is 2.24. The maximum Gasteiger partial charge on any atom is 0.305 e. The van der Waals surface area contributed by atoms with Gasteiger partial charge in [-0.2, -0.15) is 0 Å². The van der Waals surface area contributed by atoms with Gasteiger partial charge in [0, 0.05) is 19.1 Å². The third kappa shape index (κ3) is 1.65. The lowest BCUT2D eigenvalue weighted by Crippen LogP contribution is -2.38. The van der Waals surface area contributed by atoms with Crippen molar-refractivity contribution in [3.05, 3.63) is 35.8 Å². The number of rotatable bonds is 2. The zero-order valence-electron chi connectivity index (χ0n) is 8.31. The molecule has 16 heavy (non-hydrogen) atoms. The molecule has 0 fully saturated rings. The number of aromatic nitrogens is 2. The minimum Gasteiger partial charge on any atom is -0.539 e. The molecule has 0 bridgehead atoms. The molecular weight excluding hydrogens is 215 g/mol. The monoisotopic (exact) mass is 222 g/mol. The Morgan fingerprint density at radius 3 is 2.62 bits per heavy atom. The van der Waals surface area contributed by atoms with Crippen LogP contribution in [-0.4, -0.2) is 11.1 Å². The molecule has 5 nitrogen and oxygen atoms in total. The van der Waals surface area contributed by atoms with Crippen LogP contribution in [0, 0.1) is 5.82 Å². The van der Waals surface area contributed by atoms with Crippen LogP contribution in [0.4, 0.5) is 4.39 Å². The maximum absolute atomic E-state index is 12.7. The van der Waals surface area contributed by atoms with Crippen LogP contribution in [-0.2, 0) is 0 Å². The molecule has 0 radical (unpaired) electrons. The van der Waals surface area contributed by atoms with Gasteiger partial charge in [0.25, 0.3) is 0 Å².